The monoisotopic (exact) mass is 356 g/mol. The highest BCUT2D eigenvalue weighted by molar-refractivity contribution is 7.13. The maximum absolute atomic E-state index is 12.3. The third-order valence-corrected chi connectivity index (χ3v) is 4.95. The molecule has 0 saturated heterocycles. The van der Waals surface area contributed by atoms with E-state index in [2.05, 4.69) is 10.3 Å². The second-order valence-electron chi connectivity index (χ2n) is 5.50. The number of amides is 1. The number of carbonyl (C=O) groups excluding carboxylic acids is 1. The topological polar surface area (TPSA) is 42.0 Å². The van der Waals surface area contributed by atoms with Crippen LogP contribution >= 0.6 is 22.9 Å². The van der Waals surface area contributed by atoms with Gasteiger partial charge in [0.05, 0.1) is 18.2 Å². The predicted octanol–water partition coefficient (Wildman–Crippen LogP) is 4.88. The summed E-state index contributed by atoms with van der Waals surface area (Å²) in [5.41, 5.74) is 2.76. The van der Waals surface area contributed by atoms with Gasteiger partial charge in [-0.1, -0.05) is 60.1 Å². The number of hydrogen-bond donors (Lipinski definition) is 1. The fourth-order valence-electron chi connectivity index (χ4n) is 2.46. The van der Waals surface area contributed by atoms with Crippen molar-refractivity contribution in [3.8, 4) is 10.6 Å². The Morgan fingerprint density at radius 1 is 1.17 bits per heavy atom. The highest BCUT2D eigenvalue weighted by Gasteiger charge is 2.14. The van der Waals surface area contributed by atoms with Crippen LogP contribution in [-0.2, 0) is 11.2 Å². The summed E-state index contributed by atoms with van der Waals surface area (Å²) in [6.45, 7) is 1.93. The van der Waals surface area contributed by atoms with E-state index in [1.807, 2.05) is 66.9 Å². The molecule has 0 aliphatic heterocycles. The third kappa shape index (κ3) is 4.02. The van der Waals surface area contributed by atoms with E-state index in [0.717, 1.165) is 21.8 Å². The first-order chi connectivity index (χ1) is 11.6. The largest absolute Gasteiger partial charge is 0.349 e. The van der Waals surface area contributed by atoms with Crippen molar-refractivity contribution >= 4 is 28.8 Å². The van der Waals surface area contributed by atoms with Crippen LogP contribution in [0.25, 0.3) is 10.6 Å². The first-order valence-electron chi connectivity index (χ1n) is 7.67. The average Bonchev–Trinajstić information content (AvgIpc) is 3.04. The van der Waals surface area contributed by atoms with Crippen molar-refractivity contribution in [1.29, 1.82) is 0 Å². The van der Waals surface area contributed by atoms with Crippen LogP contribution in [0.1, 0.15) is 24.2 Å². The Bertz CT molecular complexity index is 832. The summed E-state index contributed by atoms with van der Waals surface area (Å²) >= 11 is 7.72. The molecule has 1 aromatic heterocycles. The minimum absolute atomic E-state index is 0.0627. The van der Waals surface area contributed by atoms with Crippen LogP contribution in [0.5, 0.6) is 0 Å². The van der Waals surface area contributed by atoms with Crippen LogP contribution in [0, 0.1) is 0 Å². The van der Waals surface area contributed by atoms with Crippen molar-refractivity contribution in [3.05, 3.63) is 76.3 Å². The Morgan fingerprint density at radius 3 is 2.62 bits per heavy atom. The molecule has 1 heterocycles. The fourth-order valence-corrected chi connectivity index (χ4v) is 3.59. The van der Waals surface area contributed by atoms with Crippen molar-refractivity contribution in [1.82, 2.24) is 10.3 Å². The zero-order valence-electron chi connectivity index (χ0n) is 13.2. The summed E-state index contributed by atoms with van der Waals surface area (Å²) in [6.07, 6.45) is 0.262. The number of carbonyl (C=O) groups is 1. The lowest BCUT2D eigenvalue weighted by Crippen LogP contribution is -2.28. The standard InChI is InChI=1S/C19H17ClN2OS/c1-13(16-9-5-6-10-17(16)20)21-18(23)11-15-12-24-19(22-15)14-7-3-2-4-8-14/h2-10,12-13H,11H2,1H3,(H,21,23). The SMILES string of the molecule is CC(NC(=O)Cc1csc(-c2ccccc2)n1)c1ccccc1Cl. The van der Waals surface area contributed by atoms with Gasteiger partial charge in [0.2, 0.25) is 5.91 Å². The molecule has 122 valence electrons. The van der Waals surface area contributed by atoms with Crippen molar-refractivity contribution in [2.75, 3.05) is 0 Å². The fraction of sp³-hybridized carbons (Fsp3) is 0.158. The van der Waals surface area contributed by atoms with Crippen molar-refractivity contribution < 1.29 is 4.79 Å². The predicted molar refractivity (Wildman–Crippen MR) is 99.3 cm³/mol. The molecular weight excluding hydrogens is 340 g/mol. The molecule has 2 aromatic carbocycles. The zero-order chi connectivity index (χ0) is 16.9. The molecule has 1 amide bonds. The average molecular weight is 357 g/mol. The molecule has 0 radical (unpaired) electrons. The third-order valence-electron chi connectivity index (χ3n) is 3.66. The van der Waals surface area contributed by atoms with Crippen LogP contribution in [-0.4, -0.2) is 10.9 Å². The smallest absolute Gasteiger partial charge is 0.226 e. The van der Waals surface area contributed by atoms with E-state index in [1.54, 1.807) is 11.3 Å². The molecule has 1 atom stereocenters. The molecule has 3 aromatic rings. The number of rotatable bonds is 5. The summed E-state index contributed by atoms with van der Waals surface area (Å²) in [6, 6.07) is 17.4. The molecule has 0 bridgehead atoms. The highest BCUT2D eigenvalue weighted by atomic mass is 35.5. The van der Waals surface area contributed by atoms with Gasteiger partial charge in [0.15, 0.2) is 0 Å². The number of nitrogens with zero attached hydrogens (tertiary/aromatic N) is 1. The lowest BCUT2D eigenvalue weighted by molar-refractivity contribution is -0.121. The number of thiazole rings is 1. The van der Waals surface area contributed by atoms with E-state index in [9.17, 15) is 4.79 Å². The van der Waals surface area contributed by atoms with Crippen LogP contribution in [0.2, 0.25) is 5.02 Å². The summed E-state index contributed by atoms with van der Waals surface area (Å²) in [7, 11) is 0. The van der Waals surface area contributed by atoms with Gasteiger partial charge in [0.25, 0.3) is 0 Å². The highest BCUT2D eigenvalue weighted by Crippen LogP contribution is 2.24. The maximum Gasteiger partial charge on any atom is 0.226 e. The molecule has 0 aliphatic rings. The normalized spacial score (nSPS) is 11.9. The van der Waals surface area contributed by atoms with Crippen molar-refractivity contribution in [2.24, 2.45) is 0 Å². The maximum atomic E-state index is 12.3. The first-order valence-corrected chi connectivity index (χ1v) is 8.93. The van der Waals surface area contributed by atoms with Gasteiger partial charge in [0.1, 0.15) is 5.01 Å². The number of hydrogen-bond acceptors (Lipinski definition) is 3. The Labute approximate surface area is 150 Å². The summed E-state index contributed by atoms with van der Waals surface area (Å²) in [5.74, 6) is -0.0627. The van der Waals surface area contributed by atoms with Gasteiger partial charge in [-0.3, -0.25) is 4.79 Å². The molecule has 1 unspecified atom stereocenters. The van der Waals surface area contributed by atoms with Crippen LogP contribution < -0.4 is 5.32 Å². The molecule has 3 nitrogen and oxygen atoms in total. The zero-order valence-corrected chi connectivity index (χ0v) is 14.8. The molecule has 24 heavy (non-hydrogen) atoms. The minimum atomic E-state index is -0.140. The molecule has 3 rings (SSSR count). The molecule has 1 N–H and O–H groups in total. The molecule has 0 spiro atoms. The molecule has 5 heteroatoms. The van der Waals surface area contributed by atoms with Gasteiger partial charge in [0, 0.05) is 16.0 Å². The van der Waals surface area contributed by atoms with Crippen LogP contribution in [0.3, 0.4) is 0 Å². The van der Waals surface area contributed by atoms with Crippen LogP contribution in [0.4, 0.5) is 0 Å². The van der Waals surface area contributed by atoms with E-state index in [1.165, 1.54) is 0 Å². The van der Waals surface area contributed by atoms with Crippen LogP contribution in [0.15, 0.2) is 60.0 Å². The van der Waals surface area contributed by atoms with E-state index in [0.29, 0.717) is 5.02 Å². The van der Waals surface area contributed by atoms with E-state index in [4.69, 9.17) is 11.6 Å². The summed E-state index contributed by atoms with van der Waals surface area (Å²) in [4.78, 5) is 16.8. The Balaban J connectivity index is 1.63. The first kappa shape index (κ1) is 16.7. The van der Waals surface area contributed by atoms with E-state index >= 15 is 0 Å². The van der Waals surface area contributed by atoms with Crippen molar-refractivity contribution in [3.63, 3.8) is 0 Å². The van der Waals surface area contributed by atoms with Gasteiger partial charge >= 0.3 is 0 Å². The molecule has 0 aliphatic carbocycles. The quantitative estimate of drug-likeness (QED) is 0.707. The lowest BCUT2D eigenvalue weighted by Gasteiger charge is -2.15. The second-order valence-corrected chi connectivity index (χ2v) is 6.76. The Morgan fingerprint density at radius 2 is 1.88 bits per heavy atom. The van der Waals surface area contributed by atoms with E-state index in [-0.39, 0.29) is 18.4 Å². The van der Waals surface area contributed by atoms with Crippen molar-refractivity contribution in [2.45, 2.75) is 19.4 Å². The van der Waals surface area contributed by atoms with Gasteiger partial charge < -0.3 is 5.32 Å². The summed E-state index contributed by atoms with van der Waals surface area (Å²) < 4.78 is 0. The number of aromatic nitrogens is 1. The number of benzene rings is 2. The Hall–Kier alpha value is -2.17. The minimum Gasteiger partial charge on any atom is -0.349 e. The van der Waals surface area contributed by atoms with Gasteiger partial charge in [-0.2, -0.15) is 0 Å². The van der Waals surface area contributed by atoms with Gasteiger partial charge in [-0.05, 0) is 18.6 Å². The second kappa shape index (κ2) is 7.60. The summed E-state index contributed by atoms with van der Waals surface area (Å²) in [5, 5.41) is 6.49. The van der Waals surface area contributed by atoms with E-state index < -0.39 is 0 Å². The number of halogens is 1. The molecule has 0 fully saturated rings. The molecular formula is C19H17ClN2OS. The number of nitrogens with one attached hydrogen (secondary N) is 1. The molecule has 0 saturated carbocycles. The van der Waals surface area contributed by atoms with Gasteiger partial charge in [-0.25, -0.2) is 4.98 Å². The lowest BCUT2D eigenvalue weighted by atomic mass is 10.1. The van der Waals surface area contributed by atoms with Gasteiger partial charge in [-0.15, -0.1) is 11.3 Å². The Kier molecular flexibility index (Phi) is 5.28.